The van der Waals surface area contributed by atoms with Crippen molar-refractivity contribution in [1.82, 2.24) is 4.98 Å². The van der Waals surface area contributed by atoms with Crippen LogP contribution in [-0.2, 0) is 5.41 Å². The molecule has 1 rings (SSSR count). The topological polar surface area (TPSA) is 38.9 Å². The number of hydrogen-bond donors (Lipinski definition) is 1. The summed E-state index contributed by atoms with van der Waals surface area (Å²) >= 11 is 0. The second-order valence-corrected chi connectivity index (χ2v) is 5.81. The van der Waals surface area contributed by atoms with Crippen molar-refractivity contribution in [2.75, 3.05) is 5.73 Å². The van der Waals surface area contributed by atoms with Gasteiger partial charge in [0.2, 0.25) is 0 Å². The third-order valence-electron chi connectivity index (χ3n) is 2.95. The van der Waals surface area contributed by atoms with Crippen LogP contribution >= 0.6 is 0 Å². The average Bonchev–Trinajstić information content (AvgIpc) is 2.17. The van der Waals surface area contributed by atoms with Gasteiger partial charge in [0.25, 0.3) is 0 Å². The molecule has 1 aromatic heterocycles. The van der Waals surface area contributed by atoms with Crippen molar-refractivity contribution in [3.05, 3.63) is 22.4 Å². The molecule has 0 amide bonds. The number of rotatable bonds is 1. The summed E-state index contributed by atoms with van der Waals surface area (Å²) in [5, 5.41) is 0. The standard InChI is InChI=1S/C15H22N2/c1-8-11-12(9(2)3)10(4)13(15(5,6)7)17-14(11)16/h1,9H,2-7H3,(H2,16,17). The van der Waals surface area contributed by atoms with E-state index in [1.54, 1.807) is 0 Å². The predicted molar refractivity (Wildman–Crippen MR) is 74.1 cm³/mol. The van der Waals surface area contributed by atoms with Gasteiger partial charge in [0, 0.05) is 5.41 Å². The third-order valence-corrected chi connectivity index (χ3v) is 2.95. The second kappa shape index (κ2) is 4.41. The molecule has 0 saturated heterocycles. The molecule has 2 nitrogen and oxygen atoms in total. The van der Waals surface area contributed by atoms with Crippen molar-refractivity contribution in [2.45, 2.75) is 52.9 Å². The van der Waals surface area contributed by atoms with E-state index in [4.69, 9.17) is 12.2 Å². The van der Waals surface area contributed by atoms with Crippen LogP contribution in [0.15, 0.2) is 0 Å². The number of hydrogen-bond acceptors (Lipinski definition) is 2. The summed E-state index contributed by atoms with van der Waals surface area (Å²) < 4.78 is 0. The van der Waals surface area contributed by atoms with Crippen molar-refractivity contribution in [3.63, 3.8) is 0 Å². The number of aromatic nitrogens is 1. The fourth-order valence-corrected chi connectivity index (χ4v) is 2.32. The quantitative estimate of drug-likeness (QED) is 0.751. The zero-order valence-electron chi connectivity index (χ0n) is 11.7. The molecule has 0 spiro atoms. The first kappa shape index (κ1) is 13.6. The molecule has 0 aliphatic heterocycles. The molecule has 2 heteroatoms. The Morgan fingerprint density at radius 1 is 1.29 bits per heavy atom. The van der Waals surface area contributed by atoms with Crippen molar-refractivity contribution in [1.29, 1.82) is 0 Å². The van der Waals surface area contributed by atoms with Crippen LogP contribution in [-0.4, -0.2) is 4.98 Å². The van der Waals surface area contributed by atoms with Gasteiger partial charge in [0.15, 0.2) is 0 Å². The molecule has 0 unspecified atom stereocenters. The first-order valence-electron chi connectivity index (χ1n) is 5.97. The third kappa shape index (κ3) is 2.44. The highest BCUT2D eigenvalue weighted by Gasteiger charge is 2.24. The minimum atomic E-state index is -0.0189. The van der Waals surface area contributed by atoms with Gasteiger partial charge in [-0.1, -0.05) is 40.5 Å². The van der Waals surface area contributed by atoms with Crippen LogP contribution in [0.3, 0.4) is 0 Å². The van der Waals surface area contributed by atoms with E-state index < -0.39 is 0 Å². The first-order chi connectivity index (χ1) is 7.70. The predicted octanol–water partition coefficient (Wildman–Crippen LogP) is 3.37. The summed E-state index contributed by atoms with van der Waals surface area (Å²) in [6, 6.07) is 0. The van der Waals surface area contributed by atoms with Crippen molar-refractivity contribution in [3.8, 4) is 12.3 Å². The van der Waals surface area contributed by atoms with Crippen LogP contribution in [0.5, 0.6) is 0 Å². The summed E-state index contributed by atoms with van der Waals surface area (Å²) in [5.74, 6) is 3.51. The highest BCUT2D eigenvalue weighted by atomic mass is 14.9. The van der Waals surface area contributed by atoms with E-state index in [0.29, 0.717) is 11.7 Å². The summed E-state index contributed by atoms with van der Waals surface area (Å²) in [6.07, 6.45) is 5.55. The molecule has 17 heavy (non-hydrogen) atoms. The van der Waals surface area contributed by atoms with Gasteiger partial charge in [-0.2, -0.15) is 0 Å². The molecule has 1 heterocycles. The molecule has 0 bridgehead atoms. The number of nitrogens with zero attached hydrogens (tertiary/aromatic N) is 1. The Hall–Kier alpha value is -1.49. The molecular formula is C15H22N2. The zero-order chi connectivity index (χ0) is 13.4. The van der Waals surface area contributed by atoms with Gasteiger partial charge < -0.3 is 5.73 Å². The van der Waals surface area contributed by atoms with Crippen LogP contribution in [0, 0.1) is 19.3 Å². The van der Waals surface area contributed by atoms with E-state index >= 15 is 0 Å². The van der Waals surface area contributed by atoms with Gasteiger partial charge in [-0.25, -0.2) is 4.98 Å². The normalized spacial score (nSPS) is 11.6. The fourth-order valence-electron chi connectivity index (χ4n) is 2.32. The van der Waals surface area contributed by atoms with Crippen LogP contribution in [0.25, 0.3) is 0 Å². The van der Waals surface area contributed by atoms with E-state index in [0.717, 1.165) is 16.8 Å². The number of terminal acetylenes is 1. The Morgan fingerprint density at radius 2 is 1.82 bits per heavy atom. The summed E-state index contributed by atoms with van der Waals surface area (Å²) in [6.45, 7) is 12.8. The number of nitrogen functional groups attached to an aromatic ring is 1. The average molecular weight is 230 g/mol. The highest BCUT2D eigenvalue weighted by Crippen LogP contribution is 2.33. The van der Waals surface area contributed by atoms with Gasteiger partial charge in [-0.15, -0.1) is 6.42 Å². The molecule has 2 N–H and O–H groups in total. The van der Waals surface area contributed by atoms with Crippen LogP contribution in [0.1, 0.15) is 62.9 Å². The van der Waals surface area contributed by atoms with E-state index in [2.05, 4.69) is 52.4 Å². The van der Waals surface area contributed by atoms with Crippen LogP contribution in [0.4, 0.5) is 5.82 Å². The van der Waals surface area contributed by atoms with E-state index in [9.17, 15) is 0 Å². The van der Waals surface area contributed by atoms with Crippen LogP contribution < -0.4 is 5.73 Å². The molecule has 0 fully saturated rings. The Labute approximate surface area is 105 Å². The maximum Gasteiger partial charge on any atom is 0.139 e. The molecule has 0 radical (unpaired) electrons. The molecule has 1 aromatic rings. The maximum atomic E-state index is 5.98. The van der Waals surface area contributed by atoms with Gasteiger partial charge in [0.05, 0.1) is 11.3 Å². The largest absolute Gasteiger partial charge is 0.383 e. The first-order valence-corrected chi connectivity index (χ1v) is 5.97. The van der Waals surface area contributed by atoms with E-state index in [-0.39, 0.29) is 5.41 Å². The van der Waals surface area contributed by atoms with Gasteiger partial charge in [-0.3, -0.25) is 0 Å². The summed E-state index contributed by atoms with van der Waals surface area (Å²) in [7, 11) is 0. The van der Waals surface area contributed by atoms with Gasteiger partial charge >= 0.3 is 0 Å². The molecule has 0 atom stereocenters. The SMILES string of the molecule is C#Cc1c(N)nc(C(C)(C)C)c(C)c1C(C)C. The lowest BCUT2D eigenvalue weighted by Gasteiger charge is -2.25. The molecular weight excluding hydrogens is 208 g/mol. The van der Waals surface area contributed by atoms with Crippen LogP contribution in [0.2, 0.25) is 0 Å². The number of nitrogens with two attached hydrogens (primary N) is 1. The fraction of sp³-hybridized carbons (Fsp3) is 0.533. The maximum absolute atomic E-state index is 5.98. The minimum absolute atomic E-state index is 0.0189. The minimum Gasteiger partial charge on any atom is -0.383 e. The monoisotopic (exact) mass is 230 g/mol. The Morgan fingerprint density at radius 3 is 2.18 bits per heavy atom. The Kier molecular flexibility index (Phi) is 3.52. The van der Waals surface area contributed by atoms with Gasteiger partial charge in [0.1, 0.15) is 5.82 Å². The van der Waals surface area contributed by atoms with Crippen molar-refractivity contribution >= 4 is 5.82 Å². The van der Waals surface area contributed by atoms with Crippen molar-refractivity contribution in [2.24, 2.45) is 0 Å². The molecule has 92 valence electrons. The lowest BCUT2D eigenvalue weighted by molar-refractivity contribution is 0.562. The van der Waals surface area contributed by atoms with E-state index in [1.165, 1.54) is 5.56 Å². The molecule has 0 aliphatic carbocycles. The molecule has 0 saturated carbocycles. The second-order valence-electron chi connectivity index (χ2n) is 5.81. The van der Waals surface area contributed by atoms with E-state index in [1.807, 2.05) is 0 Å². The highest BCUT2D eigenvalue weighted by molar-refractivity contribution is 5.59. The molecule has 0 aromatic carbocycles. The smallest absolute Gasteiger partial charge is 0.139 e. The van der Waals surface area contributed by atoms with Gasteiger partial charge in [-0.05, 0) is 24.0 Å². The lowest BCUT2D eigenvalue weighted by Crippen LogP contribution is -2.19. The summed E-state index contributed by atoms with van der Waals surface area (Å²) in [4.78, 5) is 4.49. The zero-order valence-corrected chi connectivity index (χ0v) is 11.7. The summed E-state index contributed by atoms with van der Waals surface area (Å²) in [5.41, 5.74) is 10.1. The molecule has 0 aliphatic rings. The Balaban J connectivity index is 3.68. The number of pyridine rings is 1. The number of anilines is 1. The lowest BCUT2D eigenvalue weighted by atomic mass is 9.83. The Bertz CT molecular complexity index is 471. The van der Waals surface area contributed by atoms with Crippen molar-refractivity contribution < 1.29 is 0 Å².